The molecule has 1 aromatic rings. The lowest BCUT2D eigenvalue weighted by molar-refractivity contribution is -0.148. The third-order valence-corrected chi connectivity index (χ3v) is 3.28. The number of amides is 1. The van der Waals surface area contributed by atoms with Crippen molar-refractivity contribution >= 4 is 12.1 Å². The minimum Gasteiger partial charge on any atom is -0.466 e. The van der Waals surface area contributed by atoms with E-state index >= 15 is 0 Å². The quantitative estimate of drug-likeness (QED) is 0.779. The van der Waals surface area contributed by atoms with Crippen LogP contribution in [0.3, 0.4) is 0 Å². The molecule has 0 saturated heterocycles. The van der Waals surface area contributed by atoms with Crippen LogP contribution >= 0.6 is 0 Å². The summed E-state index contributed by atoms with van der Waals surface area (Å²) in [5.74, 6) is -0.736. The number of hydrogen-bond acceptors (Lipinski definition) is 5. The third kappa shape index (κ3) is 3.99. The molecule has 0 aliphatic carbocycles. The molecule has 122 valence electrons. The first-order chi connectivity index (χ1) is 10.3. The minimum absolute atomic E-state index is 0.273. The maximum Gasteiger partial charge on any atom is 0.410 e. The Bertz CT molecular complexity index is 547. The first-order valence-electron chi connectivity index (χ1n) is 7.43. The zero-order chi connectivity index (χ0) is 16.3. The fraction of sp³-hybridized carbons (Fsp3) is 0.667. The van der Waals surface area contributed by atoms with Crippen molar-refractivity contribution in [2.24, 2.45) is 5.92 Å². The van der Waals surface area contributed by atoms with Gasteiger partial charge in [-0.2, -0.15) is 0 Å². The molecule has 1 aromatic heterocycles. The maximum absolute atomic E-state index is 12.3. The van der Waals surface area contributed by atoms with Crippen molar-refractivity contribution in [3.8, 4) is 0 Å². The van der Waals surface area contributed by atoms with Crippen LogP contribution in [0.4, 0.5) is 4.79 Å². The lowest BCUT2D eigenvalue weighted by atomic mass is 10.1. The zero-order valence-corrected chi connectivity index (χ0v) is 13.5. The smallest absolute Gasteiger partial charge is 0.410 e. The summed E-state index contributed by atoms with van der Waals surface area (Å²) in [6.07, 6.45) is 2.93. The lowest BCUT2D eigenvalue weighted by Gasteiger charge is -2.27. The molecule has 1 aliphatic heterocycles. The van der Waals surface area contributed by atoms with Crippen molar-refractivity contribution in [1.82, 2.24) is 14.5 Å². The van der Waals surface area contributed by atoms with Crippen LogP contribution in [0.15, 0.2) is 12.5 Å². The highest BCUT2D eigenvalue weighted by Gasteiger charge is 2.32. The largest absolute Gasteiger partial charge is 0.466 e. The van der Waals surface area contributed by atoms with Gasteiger partial charge < -0.3 is 18.9 Å². The topological polar surface area (TPSA) is 73.7 Å². The zero-order valence-electron chi connectivity index (χ0n) is 13.5. The van der Waals surface area contributed by atoms with Gasteiger partial charge in [0.1, 0.15) is 5.60 Å². The van der Waals surface area contributed by atoms with Crippen LogP contribution < -0.4 is 0 Å². The van der Waals surface area contributed by atoms with Crippen LogP contribution in [-0.4, -0.2) is 45.3 Å². The molecule has 2 rings (SSSR count). The molecule has 0 radical (unpaired) electrons. The molecule has 1 atom stereocenters. The Labute approximate surface area is 130 Å². The summed E-state index contributed by atoms with van der Waals surface area (Å²) >= 11 is 0. The summed E-state index contributed by atoms with van der Waals surface area (Å²) < 4.78 is 12.4. The van der Waals surface area contributed by atoms with Gasteiger partial charge in [-0.3, -0.25) is 4.79 Å². The summed E-state index contributed by atoms with van der Waals surface area (Å²) in [5.41, 5.74) is 0.293. The van der Waals surface area contributed by atoms with Gasteiger partial charge in [0, 0.05) is 19.3 Å². The molecule has 0 aromatic carbocycles. The van der Waals surface area contributed by atoms with E-state index in [0.717, 1.165) is 5.69 Å². The average molecular weight is 309 g/mol. The highest BCUT2D eigenvalue weighted by Crippen LogP contribution is 2.20. The van der Waals surface area contributed by atoms with Crippen molar-refractivity contribution in [2.45, 2.75) is 46.4 Å². The van der Waals surface area contributed by atoms with Gasteiger partial charge in [0.05, 0.1) is 31.1 Å². The van der Waals surface area contributed by atoms with Crippen molar-refractivity contribution < 1.29 is 19.1 Å². The molecule has 2 heterocycles. The van der Waals surface area contributed by atoms with Crippen LogP contribution in [-0.2, 0) is 27.4 Å². The Morgan fingerprint density at radius 3 is 2.73 bits per heavy atom. The van der Waals surface area contributed by atoms with Gasteiger partial charge in [-0.05, 0) is 27.7 Å². The van der Waals surface area contributed by atoms with Crippen molar-refractivity contribution in [3.05, 3.63) is 18.2 Å². The first kappa shape index (κ1) is 16.3. The van der Waals surface area contributed by atoms with Crippen molar-refractivity contribution in [2.75, 3.05) is 13.2 Å². The Balaban J connectivity index is 2.20. The molecule has 1 aliphatic rings. The fourth-order valence-electron chi connectivity index (χ4n) is 2.34. The second kappa shape index (κ2) is 6.37. The Morgan fingerprint density at radius 1 is 1.36 bits per heavy atom. The molecule has 0 N–H and O–H groups in total. The van der Waals surface area contributed by atoms with Gasteiger partial charge in [-0.25, -0.2) is 9.78 Å². The molecule has 7 nitrogen and oxygen atoms in total. The average Bonchev–Trinajstić information content (AvgIpc) is 2.74. The lowest BCUT2D eigenvalue weighted by Crippen LogP contribution is -2.40. The van der Waals surface area contributed by atoms with E-state index in [1.165, 1.54) is 4.90 Å². The summed E-state index contributed by atoms with van der Waals surface area (Å²) in [6, 6.07) is 0. The van der Waals surface area contributed by atoms with E-state index in [0.29, 0.717) is 19.7 Å². The molecule has 0 bridgehead atoms. The van der Waals surface area contributed by atoms with Crippen LogP contribution in [0.5, 0.6) is 0 Å². The van der Waals surface area contributed by atoms with Crippen LogP contribution in [0.25, 0.3) is 0 Å². The van der Waals surface area contributed by atoms with Gasteiger partial charge in [-0.15, -0.1) is 0 Å². The number of nitrogens with zero attached hydrogens (tertiary/aromatic N) is 3. The van der Waals surface area contributed by atoms with Crippen molar-refractivity contribution in [3.63, 3.8) is 0 Å². The van der Waals surface area contributed by atoms with E-state index in [1.54, 1.807) is 19.4 Å². The molecule has 1 amide bonds. The Morgan fingerprint density at radius 2 is 2.09 bits per heavy atom. The summed E-state index contributed by atoms with van der Waals surface area (Å²) in [4.78, 5) is 30.1. The second-order valence-corrected chi connectivity index (χ2v) is 6.35. The minimum atomic E-state index is -0.580. The van der Waals surface area contributed by atoms with E-state index in [4.69, 9.17) is 9.47 Å². The SMILES string of the molecule is CCOC(=O)[C@@H]1CN(C(=O)OC(C)(C)C)Cc2cncn2C1. The predicted octanol–water partition coefficient (Wildman–Crippen LogP) is 1.81. The summed E-state index contributed by atoms with van der Waals surface area (Å²) in [6.45, 7) is 8.62. The number of aromatic nitrogens is 2. The number of carbonyl (C=O) groups excluding carboxylic acids is 2. The van der Waals surface area contributed by atoms with Crippen LogP contribution in [0.2, 0.25) is 0 Å². The molecular formula is C15H23N3O4. The van der Waals surface area contributed by atoms with E-state index in [2.05, 4.69) is 4.98 Å². The number of ether oxygens (including phenoxy) is 2. The highest BCUT2D eigenvalue weighted by atomic mass is 16.6. The maximum atomic E-state index is 12.3. The van der Waals surface area contributed by atoms with Gasteiger partial charge in [0.15, 0.2) is 0 Å². The van der Waals surface area contributed by atoms with Crippen molar-refractivity contribution in [1.29, 1.82) is 0 Å². The second-order valence-electron chi connectivity index (χ2n) is 6.35. The molecule has 7 heteroatoms. The normalized spacial score (nSPS) is 18.4. The molecular weight excluding hydrogens is 286 g/mol. The number of imidazole rings is 1. The molecule has 22 heavy (non-hydrogen) atoms. The monoisotopic (exact) mass is 309 g/mol. The van der Waals surface area contributed by atoms with E-state index in [1.807, 2.05) is 25.3 Å². The molecule has 0 fully saturated rings. The van der Waals surface area contributed by atoms with Gasteiger partial charge in [0.2, 0.25) is 0 Å². The van der Waals surface area contributed by atoms with Crippen LogP contribution in [0.1, 0.15) is 33.4 Å². The standard InChI is InChI=1S/C15H23N3O4/c1-5-21-13(19)11-7-17(14(20)22-15(2,3)4)9-12-6-16-10-18(12)8-11/h6,10-11H,5,7-9H2,1-4H3/t11-/m1/s1. The Kier molecular flexibility index (Phi) is 4.73. The Hall–Kier alpha value is -2.05. The van der Waals surface area contributed by atoms with Gasteiger partial charge in [-0.1, -0.05) is 0 Å². The number of hydrogen-bond donors (Lipinski definition) is 0. The number of fused-ring (bicyclic) bond motifs is 1. The van der Waals surface area contributed by atoms with E-state index < -0.39 is 17.6 Å². The molecule has 0 spiro atoms. The fourth-order valence-corrected chi connectivity index (χ4v) is 2.34. The van der Waals surface area contributed by atoms with Crippen LogP contribution in [0, 0.1) is 5.92 Å². The number of rotatable bonds is 2. The van der Waals surface area contributed by atoms with E-state index in [9.17, 15) is 9.59 Å². The van der Waals surface area contributed by atoms with Gasteiger partial charge in [0.25, 0.3) is 0 Å². The highest BCUT2D eigenvalue weighted by molar-refractivity contribution is 5.74. The summed E-state index contributed by atoms with van der Waals surface area (Å²) in [5, 5.41) is 0. The number of carbonyl (C=O) groups is 2. The summed E-state index contributed by atoms with van der Waals surface area (Å²) in [7, 11) is 0. The first-order valence-corrected chi connectivity index (χ1v) is 7.43. The molecule has 0 saturated carbocycles. The van der Waals surface area contributed by atoms with E-state index in [-0.39, 0.29) is 12.5 Å². The number of esters is 1. The van der Waals surface area contributed by atoms with Gasteiger partial charge >= 0.3 is 12.1 Å². The molecule has 0 unspecified atom stereocenters. The third-order valence-electron chi connectivity index (χ3n) is 3.28. The predicted molar refractivity (Wildman–Crippen MR) is 79.0 cm³/mol.